The van der Waals surface area contributed by atoms with Crippen LogP contribution >= 0.6 is 11.6 Å². The molecule has 0 bridgehead atoms. The van der Waals surface area contributed by atoms with Crippen LogP contribution in [-0.4, -0.2) is 21.2 Å². The van der Waals surface area contributed by atoms with Crippen molar-refractivity contribution in [2.24, 2.45) is 0 Å². The molecule has 0 atom stereocenters. The third-order valence-electron chi connectivity index (χ3n) is 3.76. The molecule has 0 radical (unpaired) electrons. The Hall–Kier alpha value is -2.64. The Labute approximate surface area is 143 Å². The molecular formula is C16H15ClN6O. The van der Waals surface area contributed by atoms with Crippen molar-refractivity contribution in [2.45, 2.75) is 19.9 Å². The van der Waals surface area contributed by atoms with Crippen molar-refractivity contribution >= 4 is 23.0 Å². The zero-order valence-electron chi connectivity index (χ0n) is 13.1. The van der Waals surface area contributed by atoms with E-state index in [9.17, 15) is 0 Å². The number of halogens is 1. The summed E-state index contributed by atoms with van der Waals surface area (Å²) in [5.41, 5.74) is 9.77. The van der Waals surface area contributed by atoms with E-state index in [2.05, 4.69) is 39.9 Å². The van der Waals surface area contributed by atoms with Gasteiger partial charge in [-0.3, -0.25) is 5.01 Å². The summed E-state index contributed by atoms with van der Waals surface area (Å²) in [5.74, 6) is 0.844. The largest absolute Gasteiger partial charge is 0.334 e. The molecule has 0 amide bonds. The van der Waals surface area contributed by atoms with Gasteiger partial charge in [-0.2, -0.15) is 4.98 Å². The zero-order chi connectivity index (χ0) is 16.7. The Bertz CT molecular complexity index is 894. The quantitative estimate of drug-likeness (QED) is 0.705. The van der Waals surface area contributed by atoms with Crippen molar-refractivity contribution < 1.29 is 4.52 Å². The van der Waals surface area contributed by atoms with Crippen molar-refractivity contribution in [1.29, 1.82) is 0 Å². The second-order valence-electron chi connectivity index (χ2n) is 5.70. The molecule has 0 fully saturated rings. The minimum absolute atomic E-state index is 0.326. The summed E-state index contributed by atoms with van der Waals surface area (Å²) in [7, 11) is 0. The van der Waals surface area contributed by atoms with E-state index in [1.807, 2.05) is 23.2 Å². The minimum atomic E-state index is 0.326. The van der Waals surface area contributed by atoms with Gasteiger partial charge in [0.15, 0.2) is 0 Å². The highest BCUT2D eigenvalue weighted by Crippen LogP contribution is 2.34. The number of pyridine rings is 1. The van der Waals surface area contributed by atoms with Crippen LogP contribution < -0.4 is 16.0 Å². The van der Waals surface area contributed by atoms with Gasteiger partial charge in [-0.05, 0) is 44.2 Å². The van der Waals surface area contributed by atoms with Gasteiger partial charge in [0.05, 0.1) is 16.9 Å². The second-order valence-corrected chi connectivity index (χ2v) is 6.06. The molecule has 2 aromatic heterocycles. The highest BCUT2D eigenvalue weighted by atomic mass is 35.5. The summed E-state index contributed by atoms with van der Waals surface area (Å²) in [6.45, 7) is 4.22. The fraction of sp³-hybridized carbons (Fsp3) is 0.188. The van der Waals surface area contributed by atoms with E-state index in [0.29, 0.717) is 28.5 Å². The second kappa shape index (κ2) is 5.77. The Balaban J connectivity index is 1.68. The van der Waals surface area contributed by atoms with Gasteiger partial charge >= 0.3 is 0 Å². The van der Waals surface area contributed by atoms with E-state index in [-0.39, 0.29) is 0 Å². The Kier molecular flexibility index (Phi) is 3.59. The van der Waals surface area contributed by atoms with Crippen molar-refractivity contribution in [2.75, 3.05) is 10.4 Å². The van der Waals surface area contributed by atoms with E-state index in [1.165, 1.54) is 0 Å². The van der Waals surface area contributed by atoms with Crippen LogP contribution in [0.2, 0.25) is 5.15 Å². The van der Waals surface area contributed by atoms with Gasteiger partial charge in [0.2, 0.25) is 5.82 Å². The number of hydrogen-bond donors (Lipinski definition) is 2. The summed E-state index contributed by atoms with van der Waals surface area (Å²) >= 11 is 6.08. The van der Waals surface area contributed by atoms with Crippen LogP contribution in [0.15, 0.2) is 41.1 Å². The first-order valence-electron chi connectivity index (χ1n) is 7.53. The number of benzene rings is 1. The minimum Gasteiger partial charge on any atom is -0.334 e. The Morgan fingerprint density at radius 3 is 2.92 bits per heavy atom. The first-order valence-corrected chi connectivity index (χ1v) is 7.91. The lowest BCUT2D eigenvalue weighted by molar-refractivity contribution is 0.432. The molecule has 3 aromatic rings. The van der Waals surface area contributed by atoms with Gasteiger partial charge in [0, 0.05) is 17.8 Å². The van der Waals surface area contributed by atoms with Crippen molar-refractivity contribution in [1.82, 2.24) is 20.7 Å². The monoisotopic (exact) mass is 342 g/mol. The maximum absolute atomic E-state index is 6.08. The number of aromatic nitrogens is 3. The first-order chi connectivity index (χ1) is 11.6. The van der Waals surface area contributed by atoms with E-state index in [1.54, 1.807) is 18.3 Å². The predicted octanol–water partition coefficient (Wildman–Crippen LogP) is 3.51. The van der Waals surface area contributed by atoms with Gasteiger partial charge in [-0.25, -0.2) is 4.98 Å². The third kappa shape index (κ3) is 2.47. The summed E-state index contributed by atoms with van der Waals surface area (Å²) in [6.07, 6.45) is 1.62. The smallest absolute Gasteiger partial charge is 0.258 e. The Morgan fingerprint density at radius 2 is 2.12 bits per heavy atom. The molecule has 1 aromatic carbocycles. The lowest BCUT2D eigenvalue weighted by Crippen LogP contribution is -2.41. The Morgan fingerprint density at radius 1 is 1.25 bits per heavy atom. The molecule has 0 unspecified atom stereocenters. The maximum Gasteiger partial charge on any atom is 0.258 e. The highest BCUT2D eigenvalue weighted by Gasteiger charge is 2.22. The number of fused-ring (bicyclic) bond motifs is 1. The highest BCUT2D eigenvalue weighted by molar-refractivity contribution is 6.31. The molecule has 8 heteroatoms. The van der Waals surface area contributed by atoms with Crippen LogP contribution in [-0.2, 0) is 0 Å². The fourth-order valence-corrected chi connectivity index (χ4v) is 2.77. The number of anilines is 2. The van der Waals surface area contributed by atoms with Crippen LogP contribution in [0.4, 0.5) is 11.4 Å². The lowest BCUT2D eigenvalue weighted by atomic mass is 10.1. The van der Waals surface area contributed by atoms with Gasteiger partial charge in [0.25, 0.3) is 5.89 Å². The van der Waals surface area contributed by atoms with Gasteiger partial charge < -0.3 is 9.95 Å². The van der Waals surface area contributed by atoms with Gasteiger partial charge in [0.1, 0.15) is 5.15 Å². The average Bonchev–Trinajstić information content (AvgIpc) is 3.21. The molecule has 122 valence electrons. The van der Waals surface area contributed by atoms with Crippen LogP contribution in [0.5, 0.6) is 0 Å². The molecule has 1 aliphatic heterocycles. The fourth-order valence-electron chi connectivity index (χ4n) is 2.57. The third-order valence-corrected chi connectivity index (χ3v) is 4.06. The first kappa shape index (κ1) is 14.9. The maximum atomic E-state index is 6.08. The molecule has 2 N–H and O–H groups in total. The number of rotatable bonds is 3. The standard InChI is InChI=1S/C16H15ClN6O/c1-9(2)23-13-6-5-10(8-12(13)20-22-23)16-19-15(21-24-16)11-4-3-7-18-14(11)17/h3-9,20,22H,1-2H3. The summed E-state index contributed by atoms with van der Waals surface area (Å²) in [5, 5.41) is 6.40. The van der Waals surface area contributed by atoms with Crippen LogP contribution in [0.3, 0.4) is 0 Å². The van der Waals surface area contributed by atoms with Gasteiger partial charge in [-0.1, -0.05) is 16.8 Å². The molecule has 4 rings (SSSR count). The number of nitrogens with one attached hydrogen (secondary N) is 2. The summed E-state index contributed by atoms with van der Waals surface area (Å²) < 4.78 is 5.38. The normalized spacial score (nSPS) is 13.2. The zero-order valence-corrected chi connectivity index (χ0v) is 13.9. The number of hydrazine groups is 2. The molecule has 7 nitrogen and oxygen atoms in total. The lowest BCUT2D eigenvalue weighted by Gasteiger charge is -2.21. The van der Waals surface area contributed by atoms with Crippen LogP contribution in [0.25, 0.3) is 22.8 Å². The summed E-state index contributed by atoms with van der Waals surface area (Å²) in [4.78, 5) is 8.46. The van der Waals surface area contributed by atoms with Crippen molar-refractivity contribution in [3.8, 4) is 22.8 Å². The van der Waals surface area contributed by atoms with Gasteiger partial charge in [-0.15, -0.1) is 5.53 Å². The SMILES string of the molecule is CC(C)N1NNc2cc(-c3nc(-c4cccnc4Cl)no3)ccc21. The predicted molar refractivity (Wildman–Crippen MR) is 92.3 cm³/mol. The topological polar surface area (TPSA) is 79.1 Å². The molecule has 0 spiro atoms. The van der Waals surface area contributed by atoms with Crippen molar-refractivity contribution in [3.63, 3.8) is 0 Å². The summed E-state index contributed by atoms with van der Waals surface area (Å²) in [6, 6.07) is 9.84. The molecule has 0 saturated heterocycles. The number of nitrogens with zero attached hydrogens (tertiary/aromatic N) is 4. The molecule has 1 aliphatic rings. The molecule has 3 heterocycles. The average molecular weight is 343 g/mol. The molecular weight excluding hydrogens is 328 g/mol. The van der Waals surface area contributed by atoms with Crippen LogP contribution in [0, 0.1) is 0 Å². The van der Waals surface area contributed by atoms with E-state index in [4.69, 9.17) is 16.1 Å². The van der Waals surface area contributed by atoms with E-state index < -0.39 is 0 Å². The van der Waals surface area contributed by atoms with E-state index in [0.717, 1.165) is 16.9 Å². The van der Waals surface area contributed by atoms with Crippen molar-refractivity contribution in [3.05, 3.63) is 41.7 Å². The van der Waals surface area contributed by atoms with Crippen LogP contribution in [0.1, 0.15) is 13.8 Å². The molecule has 0 saturated carbocycles. The molecule has 24 heavy (non-hydrogen) atoms. The van der Waals surface area contributed by atoms with E-state index >= 15 is 0 Å². The number of hydrogen-bond acceptors (Lipinski definition) is 7. The molecule has 0 aliphatic carbocycles.